The van der Waals surface area contributed by atoms with Crippen LogP contribution >= 0.6 is 27.7 Å². The first-order valence-electron chi connectivity index (χ1n) is 5.78. The highest BCUT2D eigenvalue weighted by Gasteiger charge is 2.18. The Kier molecular flexibility index (Phi) is 6.47. The molecular formula is C13H20BrNS. The molecule has 1 aromatic carbocycles. The van der Waals surface area contributed by atoms with Gasteiger partial charge in [-0.25, -0.2) is 0 Å². The Hall–Kier alpha value is 0.01000. The van der Waals surface area contributed by atoms with Gasteiger partial charge in [-0.05, 0) is 30.7 Å². The molecule has 3 heteroatoms. The summed E-state index contributed by atoms with van der Waals surface area (Å²) in [6, 6.07) is 8.56. The molecule has 0 heterocycles. The Labute approximate surface area is 111 Å². The Morgan fingerprint density at radius 3 is 2.62 bits per heavy atom. The van der Waals surface area contributed by atoms with Crippen LogP contribution in [0.3, 0.4) is 0 Å². The van der Waals surface area contributed by atoms with Gasteiger partial charge in [0.15, 0.2) is 0 Å². The molecule has 0 fully saturated rings. The van der Waals surface area contributed by atoms with E-state index in [0.717, 1.165) is 0 Å². The fourth-order valence-electron chi connectivity index (χ4n) is 1.59. The zero-order chi connectivity index (χ0) is 12.0. The third kappa shape index (κ3) is 4.11. The van der Waals surface area contributed by atoms with E-state index in [4.69, 9.17) is 5.73 Å². The molecular weight excluding hydrogens is 282 g/mol. The van der Waals surface area contributed by atoms with Crippen LogP contribution in [0.15, 0.2) is 28.7 Å². The minimum absolute atomic E-state index is 0.181. The molecule has 1 nitrogen and oxygen atoms in total. The third-order valence-electron chi connectivity index (χ3n) is 2.48. The predicted molar refractivity (Wildman–Crippen MR) is 77.9 cm³/mol. The summed E-state index contributed by atoms with van der Waals surface area (Å²) < 4.78 is 1.17. The summed E-state index contributed by atoms with van der Waals surface area (Å²) in [4.78, 5) is 0. The normalized spacial score (nSPS) is 14.8. The van der Waals surface area contributed by atoms with Gasteiger partial charge >= 0.3 is 0 Å². The van der Waals surface area contributed by atoms with Gasteiger partial charge in [-0.1, -0.05) is 47.5 Å². The van der Waals surface area contributed by atoms with Crippen molar-refractivity contribution < 1.29 is 0 Å². The first kappa shape index (κ1) is 14.1. The summed E-state index contributed by atoms with van der Waals surface area (Å²) in [7, 11) is 0. The van der Waals surface area contributed by atoms with Gasteiger partial charge in [0.2, 0.25) is 0 Å². The van der Waals surface area contributed by atoms with Crippen LogP contribution in [0.1, 0.15) is 37.5 Å². The van der Waals surface area contributed by atoms with Crippen LogP contribution in [0.2, 0.25) is 0 Å². The number of halogens is 1. The Morgan fingerprint density at radius 1 is 1.38 bits per heavy atom. The molecule has 0 saturated carbocycles. The van der Waals surface area contributed by atoms with Crippen molar-refractivity contribution in [2.45, 2.75) is 38.0 Å². The standard InChI is InChI=1S/C13H20BrNS/c1-3-4-9-16-13(10(2)15)11-7-5-6-8-12(11)14/h5-8,10,13H,3-4,9,15H2,1-2H3. The van der Waals surface area contributed by atoms with Gasteiger partial charge < -0.3 is 5.73 Å². The Bertz CT molecular complexity index is 315. The van der Waals surface area contributed by atoms with Gasteiger partial charge in [-0.15, -0.1) is 0 Å². The SMILES string of the molecule is CCCCSC(c1ccccc1Br)C(C)N. The summed E-state index contributed by atoms with van der Waals surface area (Å²) in [6.07, 6.45) is 2.51. The molecule has 1 rings (SSSR count). The molecule has 0 amide bonds. The second kappa shape index (κ2) is 7.36. The van der Waals surface area contributed by atoms with Crippen LogP contribution in [0, 0.1) is 0 Å². The quantitative estimate of drug-likeness (QED) is 0.790. The first-order valence-corrected chi connectivity index (χ1v) is 7.62. The summed E-state index contributed by atoms with van der Waals surface area (Å²) in [6.45, 7) is 4.31. The van der Waals surface area contributed by atoms with Crippen molar-refractivity contribution in [1.82, 2.24) is 0 Å². The van der Waals surface area contributed by atoms with Gasteiger partial charge in [-0.2, -0.15) is 11.8 Å². The summed E-state index contributed by atoms with van der Waals surface area (Å²) >= 11 is 5.57. The topological polar surface area (TPSA) is 26.0 Å². The number of benzene rings is 1. The van der Waals surface area contributed by atoms with Crippen molar-refractivity contribution in [1.29, 1.82) is 0 Å². The van der Waals surface area contributed by atoms with E-state index in [1.807, 2.05) is 17.8 Å². The fraction of sp³-hybridized carbons (Fsp3) is 0.538. The van der Waals surface area contributed by atoms with Gasteiger partial charge in [0.25, 0.3) is 0 Å². The van der Waals surface area contributed by atoms with E-state index in [1.165, 1.54) is 28.6 Å². The van der Waals surface area contributed by atoms with E-state index in [9.17, 15) is 0 Å². The highest BCUT2D eigenvalue weighted by molar-refractivity contribution is 9.10. The molecule has 0 aliphatic rings. The van der Waals surface area contributed by atoms with Crippen molar-refractivity contribution >= 4 is 27.7 Å². The molecule has 2 atom stereocenters. The lowest BCUT2D eigenvalue weighted by molar-refractivity contribution is 0.717. The maximum atomic E-state index is 6.08. The molecule has 0 aliphatic heterocycles. The van der Waals surface area contributed by atoms with Crippen molar-refractivity contribution in [3.05, 3.63) is 34.3 Å². The van der Waals surface area contributed by atoms with Crippen LogP contribution in [0.25, 0.3) is 0 Å². The predicted octanol–water partition coefficient (Wildman–Crippen LogP) is 4.37. The lowest BCUT2D eigenvalue weighted by atomic mass is 10.1. The van der Waals surface area contributed by atoms with E-state index < -0.39 is 0 Å². The Morgan fingerprint density at radius 2 is 2.06 bits per heavy atom. The fourth-order valence-corrected chi connectivity index (χ4v) is 3.67. The summed E-state index contributed by atoms with van der Waals surface area (Å²) in [5.41, 5.74) is 7.40. The number of hydrogen-bond acceptors (Lipinski definition) is 2. The molecule has 2 unspecified atom stereocenters. The molecule has 0 spiro atoms. The molecule has 90 valence electrons. The van der Waals surface area contributed by atoms with Gasteiger partial charge in [0.1, 0.15) is 0 Å². The second-order valence-electron chi connectivity index (χ2n) is 4.03. The molecule has 0 saturated heterocycles. The first-order chi connectivity index (χ1) is 7.66. The van der Waals surface area contributed by atoms with Gasteiger partial charge in [-0.3, -0.25) is 0 Å². The van der Waals surface area contributed by atoms with E-state index in [2.05, 4.69) is 48.0 Å². The maximum absolute atomic E-state index is 6.08. The lowest BCUT2D eigenvalue weighted by Gasteiger charge is -2.22. The minimum atomic E-state index is 0.181. The van der Waals surface area contributed by atoms with Crippen molar-refractivity contribution in [2.75, 3.05) is 5.75 Å². The number of nitrogens with two attached hydrogens (primary N) is 1. The van der Waals surface area contributed by atoms with Crippen molar-refractivity contribution in [3.63, 3.8) is 0 Å². The largest absolute Gasteiger partial charge is 0.327 e. The van der Waals surface area contributed by atoms with E-state index in [0.29, 0.717) is 5.25 Å². The van der Waals surface area contributed by atoms with Crippen molar-refractivity contribution in [2.24, 2.45) is 5.73 Å². The molecule has 0 bridgehead atoms. The van der Waals surface area contributed by atoms with Gasteiger partial charge in [0.05, 0.1) is 0 Å². The molecule has 2 N–H and O–H groups in total. The molecule has 0 aromatic heterocycles. The minimum Gasteiger partial charge on any atom is -0.327 e. The van der Waals surface area contributed by atoms with Crippen LogP contribution in [-0.2, 0) is 0 Å². The Balaban J connectivity index is 2.74. The monoisotopic (exact) mass is 301 g/mol. The smallest absolute Gasteiger partial charge is 0.0456 e. The molecule has 1 aromatic rings. The van der Waals surface area contributed by atoms with Crippen molar-refractivity contribution in [3.8, 4) is 0 Å². The number of unbranched alkanes of at least 4 members (excludes halogenated alkanes) is 1. The number of thioether (sulfide) groups is 1. The van der Waals surface area contributed by atoms with Gasteiger partial charge in [0, 0.05) is 15.8 Å². The molecule has 16 heavy (non-hydrogen) atoms. The molecule has 0 radical (unpaired) electrons. The number of rotatable bonds is 6. The highest BCUT2D eigenvalue weighted by Crippen LogP contribution is 2.35. The van der Waals surface area contributed by atoms with Crippen LogP contribution < -0.4 is 5.73 Å². The van der Waals surface area contributed by atoms with E-state index in [-0.39, 0.29) is 6.04 Å². The average Bonchev–Trinajstić information content (AvgIpc) is 2.25. The zero-order valence-corrected chi connectivity index (χ0v) is 12.4. The zero-order valence-electron chi connectivity index (χ0n) is 9.95. The van der Waals surface area contributed by atoms with Crippen LogP contribution in [-0.4, -0.2) is 11.8 Å². The molecule has 0 aliphatic carbocycles. The summed E-state index contributed by atoms with van der Waals surface area (Å²) in [5, 5.41) is 0.391. The van der Waals surface area contributed by atoms with E-state index in [1.54, 1.807) is 0 Å². The second-order valence-corrected chi connectivity index (χ2v) is 6.13. The van der Waals surface area contributed by atoms with Crippen LogP contribution in [0.4, 0.5) is 0 Å². The summed E-state index contributed by atoms with van der Waals surface area (Å²) in [5.74, 6) is 1.18. The van der Waals surface area contributed by atoms with E-state index >= 15 is 0 Å². The average molecular weight is 302 g/mol. The van der Waals surface area contributed by atoms with Crippen LogP contribution in [0.5, 0.6) is 0 Å². The lowest BCUT2D eigenvalue weighted by Crippen LogP contribution is -2.23. The number of hydrogen-bond donors (Lipinski definition) is 1. The maximum Gasteiger partial charge on any atom is 0.0456 e. The highest BCUT2D eigenvalue weighted by atomic mass is 79.9. The third-order valence-corrected chi connectivity index (χ3v) is 4.77.